The lowest BCUT2D eigenvalue weighted by molar-refractivity contribution is -0.147. The van der Waals surface area contributed by atoms with E-state index in [-0.39, 0.29) is 30.4 Å². The molecule has 178 valence electrons. The van der Waals surface area contributed by atoms with Crippen LogP contribution in [0.25, 0.3) is 10.9 Å². The third-order valence-electron chi connectivity index (χ3n) is 6.92. The first-order valence-corrected chi connectivity index (χ1v) is 12.2. The highest BCUT2D eigenvalue weighted by molar-refractivity contribution is 5.86. The number of piperidine rings is 1. The van der Waals surface area contributed by atoms with Gasteiger partial charge < -0.3 is 14.2 Å². The van der Waals surface area contributed by atoms with E-state index >= 15 is 0 Å². The highest BCUT2D eigenvalue weighted by atomic mass is 16.5. The Morgan fingerprint density at radius 1 is 0.971 bits per heavy atom. The first kappa shape index (κ1) is 22.9. The molecule has 1 fully saturated rings. The molecule has 2 atom stereocenters. The lowest BCUT2D eigenvalue weighted by atomic mass is 9.87. The molecule has 0 N–H and O–H groups in total. The molecule has 1 saturated heterocycles. The van der Waals surface area contributed by atoms with Crippen LogP contribution in [0.2, 0.25) is 0 Å². The number of nitrogens with zero attached hydrogens (tertiary/aromatic N) is 2. The second kappa shape index (κ2) is 10.2. The second-order valence-corrected chi connectivity index (χ2v) is 9.22. The molecule has 0 bridgehead atoms. The highest BCUT2D eigenvalue weighted by Gasteiger charge is 2.34. The fourth-order valence-electron chi connectivity index (χ4n) is 5.19. The molecule has 0 saturated carbocycles. The average Bonchev–Trinajstić information content (AvgIpc) is 3.24. The molecule has 1 aromatic heterocycles. The van der Waals surface area contributed by atoms with Crippen LogP contribution >= 0.6 is 0 Å². The number of carbonyl (C=O) groups excluding carboxylic acids is 2. The van der Waals surface area contributed by atoms with Crippen molar-refractivity contribution in [1.29, 1.82) is 0 Å². The summed E-state index contributed by atoms with van der Waals surface area (Å²) in [6.45, 7) is 3.00. The molecule has 4 aromatic rings. The smallest absolute Gasteiger partial charge is 0.302 e. The maximum absolute atomic E-state index is 13.5. The third-order valence-corrected chi connectivity index (χ3v) is 6.92. The number of esters is 1. The number of likely N-dealkylation sites (tertiary alicyclic amines) is 1. The number of carbonyl (C=O) groups is 2. The molecule has 0 aliphatic carbocycles. The van der Waals surface area contributed by atoms with Gasteiger partial charge in [0.25, 0.3) is 0 Å². The normalized spacial score (nSPS) is 16.9. The van der Waals surface area contributed by atoms with Crippen LogP contribution < -0.4 is 0 Å². The summed E-state index contributed by atoms with van der Waals surface area (Å²) < 4.78 is 7.65. The monoisotopic (exact) mass is 466 g/mol. The van der Waals surface area contributed by atoms with Crippen molar-refractivity contribution < 1.29 is 14.3 Å². The molecule has 2 heterocycles. The fourth-order valence-corrected chi connectivity index (χ4v) is 5.19. The van der Waals surface area contributed by atoms with Crippen molar-refractivity contribution in [3.8, 4) is 0 Å². The number of aromatic nitrogens is 1. The van der Waals surface area contributed by atoms with Crippen LogP contribution in [0, 0.1) is 0 Å². The van der Waals surface area contributed by atoms with Crippen LogP contribution in [0.1, 0.15) is 48.4 Å². The zero-order chi connectivity index (χ0) is 24.2. The first-order valence-electron chi connectivity index (χ1n) is 12.2. The number of amides is 1. The molecule has 0 unspecified atom stereocenters. The van der Waals surface area contributed by atoms with Gasteiger partial charge in [-0.3, -0.25) is 9.59 Å². The summed E-state index contributed by atoms with van der Waals surface area (Å²) in [5.41, 5.74) is 4.67. The maximum Gasteiger partial charge on any atom is 0.302 e. The van der Waals surface area contributed by atoms with E-state index in [1.807, 2.05) is 41.3 Å². The number of hydrogen-bond donors (Lipinski definition) is 0. The van der Waals surface area contributed by atoms with Crippen molar-refractivity contribution >= 4 is 22.8 Å². The van der Waals surface area contributed by atoms with Crippen LogP contribution in [0.3, 0.4) is 0 Å². The Balaban J connectivity index is 1.39. The number of hydrogen-bond acceptors (Lipinski definition) is 3. The first-order chi connectivity index (χ1) is 17.1. The molecular weight excluding hydrogens is 436 g/mol. The van der Waals surface area contributed by atoms with Gasteiger partial charge >= 0.3 is 5.97 Å². The van der Waals surface area contributed by atoms with Crippen molar-refractivity contribution in [2.45, 2.75) is 38.3 Å². The quantitative estimate of drug-likeness (QED) is 0.328. The van der Waals surface area contributed by atoms with E-state index in [1.54, 1.807) is 0 Å². The lowest BCUT2D eigenvalue weighted by Crippen LogP contribution is -2.42. The van der Waals surface area contributed by atoms with Crippen LogP contribution in [0.15, 0.2) is 91.1 Å². The zero-order valence-electron chi connectivity index (χ0n) is 20.0. The minimum atomic E-state index is -0.334. The Kier molecular flexibility index (Phi) is 6.66. The maximum atomic E-state index is 13.5. The molecule has 5 heteroatoms. The van der Waals surface area contributed by atoms with Gasteiger partial charge in [-0.05, 0) is 35.1 Å². The van der Waals surface area contributed by atoms with Crippen LogP contribution in [0.5, 0.6) is 0 Å². The number of rotatable bonds is 7. The van der Waals surface area contributed by atoms with E-state index in [0.717, 1.165) is 18.5 Å². The van der Waals surface area contributed by atoms with Crippen LogP contribution in [0.4, 0.5) is 0 Å². The number of para-hydroxylation sites is 1. The van der Waals surface area contributed by atoms with Gasteiger partial charge in [-0.2, -0.15) is 0 Å². The molecular formula is C30H30N2O3. The average molecular weight is 467 g/mol. The fraction of sp³-hybridized carbons (Fsp3) is 0.267. The minimum absolute atomic E-state index is 0.0992. The van der Waals surface area contributed by atoms with Gasteiger partial charge in [-0.15, -0.1) is 0 Å². The van der Waals surface area contributed by atoms with Gasteiger partial charge in [0, 0.05) is 43.5 Å². The van der Waals surface area contributed by atoms with E-state index in [4.69, 9.17) is 4.74 Å². The number of ether oxygens (including phenoxy) is 1. The van der Waals surface area contributed by atoms with Gasteiger partial charge in [0.05, 0.1) is 6.04 Å². The summed E-state index contributed by atoms with van der Waals surface area (Å²) in [6, 6.07) is 28.5. The second-order valence-electron chi connectivity index (χ2n) is 9.22. The van der Waals surface area contributed by atoms with Crippen molar-refractivity contribution in [2.75, 3.05) is 13.2 Å². The Labute approximate surface area is 205 Å². The summed E-state index contributed by atoms with van der Waals surface area (Å²) >= 11 is 0. The highest BCUT2D eigenvalue weighted by Crippen LogP contribution is 2.37. The molecule has 1 aliphatic heterocycles. The minimum Gasteiger partial charge on any atom is -0.463 e. The summed E-state index contributed by atoms with van der Waals surface area (Å²) in [6.07, 6.45) is 3.55. The standard InChI is InChI=1S/C30H30N2O3/c1-22(33)35-21-29(24-12-6-3-7-13-24)32-17-16-25(18-30(32)34)27-20-31(19-23-10-4-2-5-11-23)28-15-9-8-14-26(27)28/h2-15,20,25,29H,16-19,21H2,1H3/t25-,29+/m1/s1. The number of fused-ring (bicyclic) bond motifs is 1. The Morgan fingerprint density at radius 2 is 1.66 bits per heavy atom. The Morgan fingerprint density at radius 3 is 2.37 bits per heavy atom. The molecule has 5 rings (SSSR count). The Bertz CT molecular complexity index is 1310. The van der Waals surface area contributed by atoms with E-state index in [0.29, 0.717) is 13.0 Å². The topological polar surface area (TPSA) is 51.5 Å². The summed E-state index contributed by atoms with van der Waals surface area (Å²) in [7, 11) is 0. The van der Waals surface area contributed by atoms with Crippen molar-refractivity contribution in [3.05, 3.63) is 108 Å². The van der Waals surface area contributed by atoms with Crippen LogP contribution in [-0.2, 0) is 20.9 Å². The molecule has 35 heavy (non-hydrogen) atoms. The molecule has 0 spiro atoms. The van der Waals surface area contributed by atoms with Gasteiger partial charge in [-0.1, -0.05) is 78.9 Å². The molecule has 1 amide bonds. The van der Waals surface area contributed by atoms with E-state index in [1.165, 1.54) is 29.0 Å². The SMILES string of the molecule is CC(=O)OC[C@@H](c1ccccc1)N1CC[C@@H](c2cn(Cc3ccccc3)c3ccccc23)CC1=O. The van der Waals surface area contributed by atoms with Gasteiger partial charge in [0.15, 0.2) is 0 Å². The summed E-state index contributed by atoms with van der Waals surface area (Å²) in [4.78, 5) is 26.8. The predicted octanol–water partition coefficient (Wildman–Crippen LogP) is 5.70. The number of benzene rings is 3. The van der Waals surface area contributed by atoms with Crippen molar-refractivity contribution in [2.24, 2.45) is 0 Å². The molecule has 1 aliphatic rings. The van der Waals surface area contributed by atoms with E-state index in [2.05, 4.69) is 59.3 Å². The third kappa shape index (κ3) is 4.99. The molecule has 0 radical (unpaired) electrons. The largest absolute Gasteiger partial charge is 0.463 e. The summed E-state index contributed by atoms with van der Waals surface area (Å²) in [5.74, 6) is -0.0764. The van der Waals surface area contributed by atoms with Gasteiger partial charge in [0.1, 0.15) is 6.61 Å². The zero-order valence-corrected chi connectivity index (χ0v) is 20.0. The van der Waals surface area contributed by atoms with Crippen LogP contribution in [-0.4, -0.2) is 34.5 Å². The molecule has 3 aromatic carbocycles. The lowest BCUT2D eigenvalue weighted by Gasteiger charge is -2.37. The van der Waals surface area contributed by atoms with Gasteiger partial charge in [-0.25, -0.2) is 0 Å². The predicted molar refractivity (Wildman–Crippen MR) is 137 cm³/mol. The van der Waals surface area contributed by atoms with E-state index < -0.39 is 0 Å². The molecule has 5 nitrogen and oxygen atoms in total. The Hall–Kier alpha value is -3.86. The van der Waals surface area contributed by atoms with Gasteiger partial charge in [0.2, 0.25) is 5.91 Å². The van der Waals surface area contributed by atoms with Crippen molar-refractivity contribution in [3.63, 3.8) is 0 Å². The van der Waals surface area contributed by atoms with E-state index in [9.17, 15) is 9.59 Å². The summed E-state index contributed by atoms with van der Waals surface area (Å²) in [5, 5.41) is 1.22. The van der Waals surface area contributed by atoms with Crippen molar-refractivity contribution in [1.82, 2.24) is 9.47 Å².